The fraction of sp³-hybridized carbons (Fsp3) is 0.500. The quantitative estimate of drug-likeness (QED) is 0.908. The van der Waals surface area contributed by atoms with E-state index in [0.717, 1.165) is 31.3 Å². The second-order valence-corrected chi connectivity index (χ2v) is 5.96. The summed E-state index contributed by atoms with van der Waals surface area (Å²) in [6.45, 7) is 6.69. The molecule has 1 fully saturated rings. The van der Waals surface area contributed by atoms with Gasteiger partial charge in [0.15, 0.2) is 0 Å². The van der Waals surface area contributed by atoms with Gasteiger partial charge >= 0.3 is 0 Å². The Morgan fingerprint density at radius 2 is 2.05 bits per heavy atom. The molecule has 1 aromatic heterocycles. The first-order valence-corrected chi connectivity index (χ1v) is 7.59. The largest absolute Gasteiger partial charge is 0.506 e. The van der Waals surface area contributed by atoms with E-state index < -0.39 is 0 Å². The number of rotatable bonds is 3. The fourth-order valence-electron chi connectivity index (χ4n) is 2.85. The molecule has 5 heteroatoms. The van der Waals surface area contributed by atoms with Gasteiger partial charge in [0.2, 0.25) is 5.95 Å². The summed E-state index contributed by atoms with van der Waals surface area (Å²) in [6.07, 6.45) is 3.95. The lowest BCUT2D eigenvalue weighted by molar-refractivity contribution is 0.177. The molecule has 2 heterocycles. The van der Waals surface area contributed by atoms with Gasteiger partial charge in [0.1, 0.15) is 11.3 Å². The molecule has 1 aliphatic heterocycles. The van der Waals surface area contributed by atoms with Crippen LogP contribution in [0.15, 0.2) is 24.4 Å². The van der Waals surface area contributed by atoms with Crippen LogP contribution in [0, 0.1) is 0 Å². The molecule has 0 bridgehead atoms. The smallest absolute Gasteiger partial charge is 0.223 e. The molecule has 21 heavy (non-hydrogen) atoms. The summed E-state index contributed by atoms with van der Waals surface area (Å²) in [5, 5.41) is 14.1. The van der Waals surface area contributed by atoms with Crippen molar-refractivity contribution < 1.29 is 5.11 Å². The van der Waals surface area contributed by atoms with Gasteiger partial charge in [-0.1, -0.05) is 12.1 Å². The maximum Gasteiger partial charge on any atom is 0.223 e. The maximum absolute atomic E-state index is 9.87. The molecule has 0 aliphatic carbocycles. The number of benzene rings is 1. The minimum absolute atomic E-state index is 0.201. The summed E-state index contributed by atoms with van der Waals surface area (Å²) >= 11 is 0. The van der Waals surface area contributed by atoms with E-state index in [1.54, 1.807) is 18.3 Å². The molecule has 0 spiro atoms. The number of likely N-dealkylation sites (tertiary alicyclic amines) is 1. The fourth-order valence-corrected chi connectivity index (χ4v) is 2.85. The lowest BCUT2D eigenvalue weighted by atomic mass is 10.0. The number of nitrogens with zero attached hydrogens (tertiary/aromatic N) is 3. The molecular formula is C16H22N4O. The SMILES string of the molecule is CC(C)N1CCC(Nc2ncc3cccc(O)c3n2)CC1. The van der Waals surface area contributed by atoms with E-state index in [2.05, 4.69) is 34.0 Å². The van der Waals surface area contributed by atoms with Crippen molar-refractivity contribution in [3.05, 3.63) is 24.4 Å². The number of aromatic hydroxyl groups is 1. The first-order valence-electron chi connectivity index (χ1n) is 7.59. The number of phenolic OH excluding ortho intramolecular Hbond substituents is 1. The van der Waals surface area contributed by atoms with Crippen LogP contribution in [-0.4, -0.2) is 45.1 Å². The molecule has 112 valence electrons. The average molecular weight is 286 g/mol. The average Bonchev–Trinajstić information content (AvgIpc) is 2.49. The Morgan fingerprint density at radius 1 is 1.29 bits per heavy atom. The highest BCUT2D eigenvalue weighted by Gasteiger charge is 2.21. The highest BCUT2D eigenvalue weighted by atomic mass is 16.3. The first kappa shape index (κ1) is 14.1. The van der Waals surface area contributed by atoms with Crippen LogP contribution in [0.5, 0.6) is 5.75 Å². The molecule has 2 aromatic rings. The Morgan fingerprint density at radius 3 is 2.76 bits per heavy atom. The van der Waals surface area contributed by atoms with Gasteiger partial charge in [-0.15, -0.1) is 0 Å². The molecule has 5 nitrogen and oxygen atoms in total. The topological polar surface area (TPSA) is 61.3 Å². The molecule has 1 aromatic carbocycles. The predicted molar refractivity (Wildman–Crippen MR) is 84.6 cm³/mol. The van der Waals surface area contributed by atoms with Crippen LogP contribution >= 0.6 is 0 Å². The van der Waals surface area contributed by atoms with Crippen LogP contribution in [0.1, 0.15) is 26.7 Å². The Labute approximate surface area is 125 Å². The van der Waals surface area contributed by atoms with E-state index in [1.807, 2.05) is 6.07 Å². The summed E-state index contributed by atoms with van der Waals surface area (Å²) in [7, 11) is 0. The zero-order chi connectivity index (χ0) is 14.8. The van der Waals surface area contributed by atoms with E-state index in [4.69, 9.17) is 0 Å². The van der Waals surface area contributed by atoms with Crippen molar-refractivity contribution in [2.45, 2.75) is 38.8 Å². The van der Waals surface area contributed by atoms with Crippen molar-refractivity contribution in [3.8, 4) is 5.75 Å². The minimum Gasteiger partial charge on any atom is -0.506 e. The van der Waals surface area contributed by atoms with Crippen LogP contribution in [0.25, 0.3) is 10.9 Å². The normalized spacial score (nSPS) is 17.5. The molecule has 0 amide bonds. The van der Waals surface area contributed by atoms with Crippen LogP contribution < -0.4 is 5.32 Å². The third-order valence-corrected chi connectivity index (χ3v) is 4.18. The number of anilines is 1. The standard InChI is InChI=1S/C16H22N4O/c1-11(2)20-8-6-13(7-9-20)18-16-17-10-12-4-3-5-14(21)15(12)19-16/h3-5,10-11,13,21H,6-9H2,1-2H3,(H,17,18,19). The van der Waals surface area contributed by atoms with Crippen LogP contribution in [0.3, 0.4) is 0 Å². The van der Waals surface area contributed by atoms with E-state index in [0.29, 0.717) is 23.5 Å². The van der Waals surface area contributed by atoms with Gasteiger partial charge in [-0.25, -0.2) is 9.97 Å². The zero-order valence-electron chi connectivity index (χ0n) is 12.6. The van der Waals surface area contributed by atoms with Crippen LogP contribution in [-0.2, 0) is 0 Å². The molecule has 3 rings (SSSR count). The van der Waals surface area contributed by atoms with E-state index >= 15 is 0 Å². The predicted octanol–water partition coefficient (Wildman–Crippen LogP) is 2.62. The van der Waals surface area contributed by atoms with Crippen molar-refractivity contribution >= 4 is 16.9 Å². The molecule has 0 atom stereocenters. The first-order chi connectivity index (χ1) is 10.1. The summed E-state index contributed by atoms with van der Waals surface area (Å²) in [6, 6.07) is 6.37. The molecule has 1 aliphatic rings. The lowest BCUT2D eigenvalue weighted by Crippen LogP contribution is -2.42. The van der Waals surface area contributed by atoms with E-state index in [1.165, 1.54) is 0 Å². The molecule has 0 radical (unpaired) electrons. The summed E-state index contributed by atoms with van der Waals surface area (Å²) in [5.74, 6) is 0.805. The highest BCUT2D eigenvalue weighted by Crippen LogP contribution is 2.23. The number of nitrogens with one attached hydrogen (secondary N) is 1. The summed E-state index contributed by atoms with van der Waals surface area (Å²) in [5.41, 5.74) is 0.606. The van der Waals surface area contributed by atoms with Gasteiger partial charge in [0, 0.05) is 36.8 Å². The number of piperidine rings is 1. The Balaban J connectivity index is 1.70. The van der Waals surface area contributed by atoms with Crippen molar-refractivity contribution in [1.82, 2.24) is 14.9 Å². The highest BCUT2D eigenvalue weighted by molar-refractivity contribution is 5.84. The number of phenols is 1. The van der Waals surface area contributed by atoms with Crippen molar-refractivity contribution in [3.63, 3.8) is 0 Å². The molecular weight excluding hydrogens is 264 g/mol. The molecule has 0 saturated carbocycles. The Kier molecular flexibility index (Phi) is 3.92. The van der Waals surface area contributed by atoms with Gasteiger partial charge < -0.3 is 15.3 Å². The van der Waals surface area contributed by atoms with Crippen molar-refractivity contribution in [1.29, 1.82) is 0 Å². The van der Waals surface area contributed by atoms with Gasteiger partial charge in [-0.2, -0.15) is 0 Å². The zero-order valence-corrected chi connectivity index (χ0v) is 12.6. The van der Waals surface area contributed by atoms with Gasteiger partial charge in [-0.05, 0) is 32.8 Å². The van der Waals surface area contributed by atoms with Crippen molar-refractivity contribution in [2.24, 2.45) is 0 Å². The lowest BCUT2D eigenvalue weighted by Gasteiger charge is -2.34. The maximum atomic E-state index is 9.87. The number of hydrogen-bond donors (Lipinski definition) is 2. The third kappa shape index (κ3) is 3.08. The number of fused-ring (bicyclic) bond motifs is 1. The van der Waals surface area contributed by atoms with E-state index in [9.17, 15) is 5.11 Å². The second-order valence-electron chi connectivity index (χ2n) is 5.96. The van der Waals surface area contributed by atoms with Crippen LogP contribution in [0.4, 0.5) is 5.95 Å². The molecule has 0 unspecified atom stereocenters. The molecule has 2 N–H and O–H groups in total. The molecule has 1 saturated heterocycles. The Bertz CT molecular complexity index is 621. The number of para-hydroxylation sites is 1. The third-order valence-electron chi connectivity index (χ3n) is 4.18. The minimum atomic E-state index is 0.201. The second kappa shape index (κ2) is 5.85. The van der Waals surface area contributed by atoms with Crippen LogP contribution in [0.2, 0.25) is 0 Å². The summed E-state index contributed by atoms with van der Waals surface area (Å²) in [4.78, 5) is 11.3. The Hall–Kier alpha value is -1.88. The number of hydrogen-bond acceptors (Lipinski definition) is 5. The van der Waals surface area contributed by atoms with E-state index in [-0.39, 0.29) is 5.75 Å². The monoisotopic (exact) mass is 286 g/mol. The van der Waals surface area contributed by atoms with Crippen molar-refractivity contribution in [2.75, 3.05) is 18.4 Å². The van der Waals surface area contributed by atoms with Gasteiger partial charge in [-0.3, -0.25) is 0 Å². The van der Waals surface area contributed by atoms with Gasteiger partial charge in [0.25, 0.3) is 0 Å². The number of aromatic nitrogens is 2. The van der Waals surface area contributed by atoms with Gasteiger partial charge in [0.05, 0.1) is 0 Å². The summed E-state index contributed by atoms with van der Waals surface area (Å²) < 4.78 is 0.